The van der Waals surface area contributed by atoms with Crippen LogP contribution in [0.4, 0.5) is 5.69 Å². The van der Waals surface area contributed by atoms with Gasteiger partial charge in [0.05, 0.1) is 12.8 Å². The van der Waals surface area contributed by atoms with Crippen LogP contribution in [0, 0.1) is 6.92 Å². The third-order valence-corrected chi connectivity index (χ3v) is 2.67. The van der Waals surface area contributed by atoms with Crippen molar-refractivity contribution in [1.82, 2.24) is 0 Å². The summed E-state index contributed by atoms with van der Waals surface area (Å²) in [7, 11) is 1.53. The van der Waals surface area contributed by atoms with Crippen LogP contribution in [0.15, 0.2) is 12.1 Å². The molecule has 0 aromatic heterocycles. The summed E-state index contributed by atoms with van der Waals surface area (Å²) in [5.41, 5.74) is 7.05. The van der Waals surface area contributed by atoms with Crippen LogP contribution in [0.5, 0.6) is 5.75 Å². The summed E-state index contributed by atoms with van der Waals surface area (Å²) in [5.74, 6) is 0.402. The number of carbonyl (C=O) groups is 1. The topological polar surface area (TPSA) is 64.3 Å². The minimum atomic E-state index is -0.172. The second-order valence-electron chi connectivity index (χ2n) is 4.03. The molecule has 1 amide bonds. The van der Waals surface area contributed by atoms with Crippen LogP contribution in [-0.2, 0) is 4.79 Å². The number of aryl methyl sites for hydroxylation is 1. The van der Waals surface area contributed by atoms with E-state index in [9.17, 15) is 4.79 Å². The number of methoxy groups -OCH3 is 1. The lowest BCUT2D eigenvalue weighted by atomic mass is 10.2. The lowest BCUT2D eigenvalue weighted by molar-refractivity contribution is -0.116. The summed E-state index contributed by atoms with van der Waals surface area (Å²) in [6.07, 6.45) is 0.269. The van der Waals surface area contributed by atoms with Crippen LogP contribution in [0.3, 0.4) is 0 Å². The predicted molar refractivity (Wildman–Crippen MR) is 69.6 cm³/mol. The molecule has 0 saturated heterocycles. The molecule has 5 heteroatoms. The molecule has 4 nitrogen and oxygen atoms in total. The Morgan fingerprint density at radius 1 is 1.59 bits per heavy atom. The maximum atomic E-state index is 11.6. The number of nitrogens with two attached hydrogens (primary N) is 1. The van der Waals surface area contributed by atoms with Gasteiger partial charge in [-0.25, -0.2) is 0 Å². The standard InChI is InChI=1S/C12H17ClN2O2/c1-7-4-10(11(17-3)6-9(7)13)15-12(16)5-8(2)14/h4,6,8H,5,14H2,1-3H3,(H,15,16). The van der Waals surface area contributed by atoms with Gasteiger partial charge < -0.3 is 15.8 Å². The number of hydrogen-bond acceptors (Lipinski definition) is 3. The summed E-state index contributed by atoms with van der Waals surface area (Å²) < 4.78 is 5.16. The Hall–Kier alpha value is -1.26. The molecule has 1 unspecified atom stereocenters. The monoisotopic (exact) mass is 256 g/mol. The van der Waals surface area contributed by atoms with Gasteiger partial charge in [0, 0.05) is 23.6 Å². The highest BCUT2D eigenvalue weighted by Crippen LogP contribution is 2.30. The van der Waals surface area contributed by atoms with Gasteiger partial charge in [-0.2, -0.15) is 0 Å². The summed E-state index contributed by atoms with van der Waals surface area (Å²) >= 11 is 5.97. The number of carbonyl (C=O) groups excluding carboxylic acids is 1. The van der Waals surface area contributed by atoms with E-state index in [0.29, 0.717) is 16.5 Å². The van der Waals surface area contributed by atoms with E-state index < -0.39 is 0 Å². The molecular formula is C12H17ClN2O2. The molecule has 0 aliphatic carbocycles. The molecule has 1 aromatic carbocycles. The van der Waals surface area contributed by atoms with Crippen LogP contribution in [0.25, 0.3) is 0 Å². The number of anilines is 1. The Morgan fingerprint density at radius 3 is 2.76 bits per heavy atom. The van der Waals surface area contributed by atoms with Crippen LogP contribution in [0.1, 0.15) is 18.9 Å². The zero-order chi connectivity index (χ0) is 13.0. The van der Waals surface area contributed by atoms with E-state index in [1.165, 1.54) is 7.11 Å². The lowest BCUT2D eigenvalue weighted by Crippen LogP contribution is -2.24. The van der Waals surface area contributed by atoms with Gasteiger partial charge in [-0.05, 0) is 25.5 Å². The molecule has 0 saturated carbocycles. The number of rotatable bonds is 4. The quantitative estimate of drug-likeness (QED) is 0.869. The van der Waals surface area contributed by atoms with Crippen molar-refractivity contribution in [2.24, 2.45) is 5.73 Å². The number of ether oxygens (including phenoxy) is 1. The van der Waals surface area contributed by atoms with Crippen molar-refractivity contribution in [1.29, 1.82) is 0 Å². The zero-order valence-electron chi connectivity index (χ0n) is 10.2. The maximum Gasteiger partial charge on any atom is 0.226 e. The largest absolute Gasteiger partial charge is 0.495 e. The highest BCUT2D eigenvalue weighted by molar-refractivity contribution is 6.31. The second kappa shape index (κ2) is 5.89. The van der Waals surface area contributed by atoms with Gasteiger partial charge in [-0.3, -0.25) is 4.79 Å². The molecule has 1 rings (SSSR count). The second-order valence-corrected chi connectivity index (χ2v) is 4.44. The molecule has 1 atom stereocenters. The van der Waals surface area contributed by atoms with Crippen LogP contribution < -0.4 is 15.8 Å². The summed E-state index contributed by atoms with van der Waals surface area (Å²) in [5, 5.41) is 3.36. The Kier molecular flexibility index (Phi) is 4.78. The van der Waals surface area contributed by atoms with E-state index in [1.807, 2.05) is 6.92 Å². The molecule has 17 heavy (non-hydrogen) atoms. The summed E-state index contributed by atoms with van der Waals surface area (Å²) in [6.45, 7) is 3.65. The van der Waals surface area contributed by atoms with Crippen molar-refractivity contribution in [3.63, 3.8) is 0 Å². The Balaban J connectivity index is 2.90. The minimum absolute atomic E-state index is 0.139. The summed E-state index contributed by atoms with van der Waals surface area (Å²) in [6, 6.07) is 3.29. The fraction of sp³-hybridized carbons (Fsp3) is 0.417. The average molecular weight is 257 g/mol. The highest BCUT2D eigenvalue weighted by Gasteiger charge is 2.11. The van der Waals surface area contributed by atoms with Crippen molar-refractivity contribution in [3.05, 3.63) is 22.7 Å². The molecule has 0 spiro atoms. The van der Waals surface area contributed by atoms with Gasteiger partial charge in [0.15, 0.2) is 0 Å². The van der Waals surface area contributed by atoms with Gasteiger partial charge >= 0.3 is 0 Å². The predicted octanol–water partition coefficient (Wildman–Crippen LogP) is 2.33. The number of benzene rings is 1. The van der Waals surface area contributed by atoms with Gasteiger partial charge in [0.2, 0.25) is 5.91 Å². The Labute approximate surface area is 106 Å². The molecule has 3 N–H and O–H groups in total. The molecule has 0 bridgehead atoms. The van der Waals surface area contributed by atoms with E-state index in [0.717, 1.165) is 5.56 Å². The molecule has 0 aliphatic heterocycles. The molecule has 0 fully saturated rings. The maximum absolute atomic E-state index is 11.6. The van der Waals surface area contributed by atoms with E-state index in [1.54, 1.807) is 19.1 Å². The molecule has 0 radical (unpaired) electrons. The van der Waals surface area contributed by atoms with Gasteiger partial charge in [-0.15, -0.1) is 0 Å². The molecule has 1 aromatic rings. The van der Waals surface area contributed by atoms with Gasteiger partial charge in [-0.1, -0.05) is 11.6 Å². The number of amides is 1. The summed E-state index contributed by atoms with van der Waals surface area (Å²) in [4.78, 5) is 11.6. The van der Waals surface area contributed by atoms with Crippen molar-refractivity contribution in [2.45, 2.75) is 26.3 Å². The molecule has 0 aliphatic rings. The van der Waals surface area contributed by atoms with E-state index >= 15 is 0 Å². The minimum Gasteiger partial charge on any atom is -0.495 e. The van der Waals surface area contributed by atoms with E-state index in [-0.39, 0.29) is 18.4 Å². The van der Waals surface area contributed by atoms with Crippen molar-refractivity contribution in [2.75, 3.05) is 12.4 Å². The smallest absolute Gasteiger partial charge is 0.226 e. The van der Waals surface area contributed by atoms with E-state index in [4.69, 9.17) is 22.1 Å². The third-order valence-electron chi connectivity index (χ3n) is 2.26. The first-order chi connectivity index (χ1) is 7.93. The highest BCUT2D eigenvalue weighted by atomic mass is 35.5. The van der Waals surface area contributed by atoms with Crippen molar-refractivity contribution in [3.8, 4) is 5.75 Å². The number of nitrogens with one attached hydrogen (secondary N) is 1. The van der Waals surface area contributed by atoms with Crippen LogP contribution in [0.2, 0.25) is 5.02 Å². The van der Waals surface area contributed by atoms with Crippen LogP contribution >= 0.6 is 11.6 Å². The molecule has 94 valence electrons. The van der Waals surface area contributed by atoms with Crippen molar-refractivity contribution >= 4 is 23.2 Å². The Morgan fingerprint density at radius 2 is 2.24 bits per heavy atom. The lowest BCUT2D eigenvalue weighted by Gasteiger charge is -2.13. The van der Waals surface area contributed by atoms with Gasteiger partial charge in [0.1, 0.15) is 5.75 Å². The Bertz CT molecular complexity index is 419. The van der Waals surface area contributed by atoms with Crippen LogP contribution in [-0.4, -0.2) is 19.1 Å². The first-order valence-electron chi connectivity index (χ1n) is 5.33. The third kappa shape index (κ3) is 3.91. The number of halogens is 1. The first kappa shape index (κ1) is 13.8. The molecular weight excluding hydrogens is 240 g/mol. The van der Waals surface area contributed by atoms with E-state index in [2.05, 4.69) is 5.32 Å². The SMILES string of the molecule is COc1cc(Cl)c(C)cc1NC(=O)CC(C)N. The van der Waals surface area contributed by atoms with Crippen molar-refractivity contribution < 1.29 is 9.53 Å². The normalized spacial score (nSPS) is 12.1. The number of hydrogen-bond donors (Lipinski definition) is 2. The fourth-order valence-corrected chi connectivity index (χ4v) is 1.58. The zero-order valence-corrected chi connectivity index (χ0v) is 11.0. The molecule has 0 heterocycles. The average Bonchev–Trinajstić information content (AvgIpc) is 2.21. The first-order valence-corrected chi connectivity index (χ1v) is 5.71. The fourth-order valence-electron chi connectivity index (χ4n) is 1.42. The van der Waals surface area contributed by atoms with Gasteiger partial charge in [0.25, 0.3) is 0 Å².